The Morgan fingerprint density at radius 2 is 2.00 bits per heavy atom. The second-order valence-electron chi connectivity index (χ2n) is 2.37. The van der Waals surface area contributed by atoms with Crippen LogP contribution in [0.1, 0.15) is 10.4 Å². The third-order valence-electron chi connectivity index (χ3n) is 1.43. The Kier molecular flexibility index (Phi) is 4.20. The topological polar surface area (TPSA) is 52.6 Å². The van der Waals surface area contributed by atoms with E-state index in [-0.39, 0.29) is 13.1 Å². The second-order valence-corrected chi connectivity index (χ2v) is 2.37. The molecule has 1 aromatic carbocycles. The van der Waals surface area contributed by atoms with Gasteiger partial charge in [-0.2, -0.15) is 0 Å². The molecular formula is C10H9O4. The van der Waals surface area contributed by atoms with Crippen molar-refractivity contribution in [3.05, 3.63) is 42.5 Å². The molecule has 0 saturated carbocycles. The predicted octanol–water partition coefficient (Wildman–Crippen LogP) is 1.18. The first-order valence-electron chi connectivity index (χ1n) is 3.97. The van der Waals surface area contributed by atoms with Crippen molar-refractivity contribution in [2.24, 2.45) is 0 Å². The molecule has 14 heavy (non-hydrogen) atoms. The van der Waals surface area contributed by atoms with Crippen molar-refractivity contribution in [1.82, 2.24) is 0 Å². The van der Waals surface area contributed by atoms with Gasteiger partial charge in [-0.05, 0) is 12.1 Å². The molecule has 0 saturated heterocycles. The number of carbonyl (C=O) groups excluding carboxylic acids is 2. The van der Waals surface area contributed by atoms with Crippen LogP contribution in [0.4, 0.5) is 0 Å². The highest BCUT2D eigenvalue weighted by Crippen LogP contribution is 2.01. The van der Waals surface area contributed by atoms with Gasteiger partial charge in [-0.1, -0.05) is 18.2 Å². The third-order valence-corrected chi connectivity index (χ3v) is 1.43. The molecule has 0 aliphatic rings. The molecule has 0 fully saturated rings. The Bertz CT molecular complexity index is 294. The van der Waals surface area contributed by atoms with Crippen molar-refractivity contribution < 1.29 is 19.1 Å². The zero-order valence-electron chi connectivity index (χ0n) is 7.38. The smallest absolute Gasteiger partial charge is 0.338 e. The average molecular weight is 193 g/mol. The summed E-state index contributed by atoms with van der Waals surface area (Å²) in [4.78, 5) is 20.9. The molecule has 0 unspecified atom stereocenters. The van der Waals surface area contributed by atoms with E-state index in [2.05, 4.69) is 9.47 Å². The van der Waals surface area contributed by atoms with Gasteiger partial charge in [-0.25, -0.2) is 4.79 Å². The summed E-state index contributed by atoms with van der Waals surface area (Å²) >= 11 is 0. The minimum atomic E-state index is -0.472. The van der Waals surface area contributed by atoms with Crippen LogP contribution in [0.3, 0.4) is 0 Å². The Labute approximate surface area is 81.4 Å². The highest BCUT2D eigenvalue weighted by molar-refractivity contribution is 5.89. The molecule has 0 N–H and O–H groups in total. The van der Waals surface area contributed by atoms with Crippen LogP contribution in [-0.4, -0.2) is 19.0 Å². The first kappa shape index (κ1) is 10.2. The van der Waals surface area contributed by atoms with Gasteiger partial charge in [-0.3, -0.25) is 4.79 Å². The second kappa shape index (κ2) is 5.75. The Balaban J connectivity index is 2.32. The van der Waals surface area contributed by atoms with Crippen LogP contribution in [-0.2, 0) is 14.3 Å². The van der Waals surface area contributed by atoms with Crippen molar-refractivity contribution in [3.63, 3.8) is 0 Å². The lowest BCUT2D eigenvalue weighted by Gasteiger charge is -2.02. The number of hydrogen-bond acceptors (Lipinski definition) is 4. The van der Waals surface area contributed by atoms with Gasteiger partial charge in [0.2, 0.25) is 0 Å². The number of hydrogen-bond donors (Lipinski definition) is 0. The highest BCUT2D eigenvalue weighted by atomic mass is 16.6. The molecule has 0 aliphatic carbocycles. The van der Waals surface area contributed by atoms with Crippen molar-refractivity contribution in [2.45, 2.75) is 0 Å². The summed E-state index contributed by atoms with van der Waals surface area (Å²) in [5, 5.41) is 0. The maximum Gasteiger partial charge on any atom is 0.338 e. The van der Waals surface area contributed by atoms with E-state index >= 15 is 0 Å². The van der Waals surface area contributed by atoms with E-state index in [1.54, 1.807) is 30.3 Å². The third kappa shape index (κ3) is 3.26. The van der Waals surface area contributed by atoms with Gasteiger partial charge < -0.3 is 9.47 Å². The molecule has 0 amide bonds. The lowest BCUT2D eigenvalue weighted by Crippen LogP contribution is -2.05. The van der Waals surface area contributed by atoms with E-state index < -0.39 is 5.97 Å². The summed E-state index contributed by atoms with van der Waals surface area (Å²) in [6.45, 7) is 1.37. The number of ether oxygens (including phenoxy) is 2. The molecule has 0 atom stereocenters. The molecule has 1 radical (unpaired) electrons. The number of rotatable bonds is 5. The molecule has 0 spiro atoms. The van der Waals surface area contributed by atoms with E-state index in [0.29, 0.717) is 5.56 Å². The monoisotopic (exact) mass is 193 g/mol. The minimum absolute atomic E-state index is 0.0396. The van der Waals surface area contributed by atoms with Crippen molar-refractivity contribution in [1.29, 1.82) is 0 Å². The maximum atomic E-state index is 11.2. The highest BCUT2D eigenvalue weighted by Gasteiger charge is 2.05. The summed E-state index contributed by atoms with van der Waals surface area (Å²) in [6.07, 6.45) is 0. The molecule has 4 nitrogen and oxygen atoms in total. The fraction of sp³-hybridized carbons (Fsp3) is 0.100. The molecule has 4 heteroatoms. The molecule has 1 aromatic rings. The summed E-state index contributed by atoms with van der Waals surface area (Å²) < 4.78 is 8.99. The Hall–Kier alpha value is -1.84. The van der Waals surface area contributed by atoms with Crippen LogP contribution in [0, 0.1) is 6.61 Å². The van der Waals surface area contributed by atoms with Gasteiger partial charge in [0.05, 0.1) is 5.56 Å². The largest absolute Gasteiger partial charge is 0.464 e. The van der Waals surface area contributed by atoms with Gasteiger partial charge in [0.1, 0.15) is 6.61 Å². The lowest BCUT2D eigenvalue weighted by molar-refractivity contribution is -0.128. The number of esters is 1. The predicted molar refractivity (Wildman–Crippen MR) is 48.2 cm³/mol. The molecular weight excluding hydrogens is 184 g/mol. The van der Waals surface area contributed by atoms with Gasteiger partial charge >= 0.3 is 5.97 Å². The normalized spacial score (nSPS) is 9.14. The summed E-state index contributed by atoms with van der Waals surface area (Å²) in [5.74, 6) is -0.472. The van der Waals surface area contributed by atoms with E-state index in [0.717, 1.165) is 6.61 Å². The molecule has 0 bridgehead atoms. The fourth-order valence-electron chi connectivity index (χ4n) is 0.831. The van der Waals surface area contributed by atoms with Gasteiger partial charge in [-0.15, -0.1) is 0 Å². The fourth-order valence-corrected chi connectivity index (χ4v) is 0.831. The van der Waals surface area contributed by atoms with Crippen LogP contribution in [0.2, 0.25) is 0 Å². The van der Waals surface area contributed by atoms with Crippen molar-refractivity contribution in [2.75, 3.05) is 6.61 Å². The maximum absolute atomic E-state index is 11.2. The molecule has 0 aromatic heterocycles. The SMILES string of the molecule is O=COC[CH]OC(=O)c1ccccc1. The number of benzene rings is 1. The van der Waals surface area contributed by atoms with Crippen LogP contribution in [0.5, 0.6) is 0 Å². The minimum Gasteiger partial charge on any atom is -0.464 e. The quantitative estimate of drug-likeness (QED) is 0.400. The van der Waals surface area contributed by atoms with Gasteiger partial charge in [0.25, 0.3) is 6.47 Å². The average Bonchev–Trinajstić information content (AvgIpc) is 2.25. The van der Waals surface area contributed by atoms with Gasteiger partial charge in [0, 0.05) is 0 Å². The Morgan fingerprint density at radius 3 is 2.64 bits per heavy atom. The molecule has 73 valence electrons. The summed E-state index contributed by atoms with van der Waals surface area (Å²) in [6, 6.07) is 8.54. The van der Waals surface area contributed by atoms with Crippen LogP contribution >= 0.6 is 0 Å². The molecule has 0 aliphatic heterocycles. The molecule has 0 heterocycles. The van der Waals surface area contributed by atoms with Crippen LogP contribution in [0.25, 0.3) is 0 Å². The first-order valence-corrected chi connectivity index (χ1v) is 3.97. The van der Waals surface area contributed by atoms with Crippen LogP contribution in [0.15, 0.2) is 30.3 Å². The van der Waals surface area contributed by atoms with Crippen LogP contribution < -0.4 is 0 Å². The van der Waals surface area contributed by atoms with E-state index in [4.69, 9.17) is 0 Å². The van der Waals surface area contributed by atoms with Gasteiger partial charge in [0.15, 0.2) is 6.61 Å². The lowest BCUT2D eigenvalue weighted by atomic mass is 10.2. The van der Waals surface area contributed by atoms with E-state index in [1.165, 1.54) is 0 Å². The first-order chi connectivity index (χ1) is 6.84. The standard InChI is InChI=1S/C10H9O4/c11-8-13-6-7-14-10(12)9-4-2-1-3-5-9/h1-5,7-8H,6H2. The van der Waals surface area contributed by atoms with Crippen molar-refractivity contribution in [3.8, 4) is 0 Å². The van der Waals surface area contributed by atoms with E-state index in [1.807, 2.05) is 0 Å². The summed E-state index contributed by atoms with van der Waals surface area (Å²) in [7, 11) is 0. The Morgan fingerprint density at radius 1 is 1.29 bits per heavy atom. The number of carbonyl (C=O) groups is 2. The van der Waals surface area contributed by atoms with Crippen molar-refractivity contribution >= 4 is 12.4 Å². The molecule has 1 rings (SSSR count). The van der Waals surface area contributed by atoms with E-state index in [9.17, 15) is 9.59 Å². The zero-order valence-corrected chi connectivity index (χ0v) is 7.38. The summed E-state index contributed by atoms with van der Waals surface area (Å²) in [5.41, 5.74) is 0.454. The zero-order chi connectivity index (χ0) is 10.2.